The number of benzene rings is 8. The number of amidine groups is 2. The maximum Gasteiger partial charge on any atom is 0.160 e. The van der Waals surface area contributed by atoms with E-state index < -0.39 is 0 Å². The Hall–Kier alpha value is -6.98. The molecule has 3 heterocycles. The van der Waals surface area contributed by atoms with Crippen LogP contribution in [0.5, 0.6) is 0 Å². The Morgan fingerprint density at radius 3 is 1.81 bits per heavy atom. The van der Waals surface area contributed by atoms with Crippen LogP contribution in [-0.2, 0) is 0 Å². The summed E-state index contributed by atoms with van der Waals surface area (Å²) in [6.07, 6.45) is -0.327. The third kappa shape index (κ3) is 4.36. The normalized spacial score (nSPS) is 14.7. The molecule has 1 N–H and O–H groups in total. The van der Waals surface area contributed by atoms with Crippen molar-refractivity contribution in [1.82, 2.24) is 9.88 Å². The molecule has 10 aromatic rings. The molecule has 0 bridgehead atoms. The van der Waals surface area contributed by atoms with Crippen LogP contribution in [0.1, 0.15) is 22.9 Å². The van der Waals surface area contributed by atoms with Crippen molar-refractivity contribution >= 4 is 77.0 Å². The third-order valence-electron chi connectivity index (χ3n) is 10.4. The van der Waals surface area contributed by atoms with E-state index in [9.17, 15) is 0 Å². The Labute approximate surface area is 298 Å². The molecule has 2 aromatic heterocycles. The fraction of sp³-hybridized carbons (Fsp3) is 0.0213. The van der Waals surface area contributed by atoms with Crippen LogP contribution in [0, 0.1) is 0 Å². The molecule has 0 aliphatic carbocycles. The summed E-state index contributed by atoms with van der Waals surface area (Å²) in [4.78, 5) is 10.6. The van der Waals surface area contributed by atoms with Gasteiger partial charge in [-0.05, 0) is 51.4 Å². The molecule has 244 valence electrons. The number of aromatic nitrogens is 1. The molecular formula is C47H30N4O. The molecular weight excluding hydrogens is 637 g/mol. The van der Waals surface area contributed by atoms with E-state index >= 15 is 0 Å². The summed E-state index contributed by atoms with van der Waals surface area (Å²) in [6, 6.07) is 59.7. The summed E-state index contributed by atoms with van der Waals surface area (Å²) in [7, 11) is 0. The molecule has 8 aromatic carbocycles. The van der Waals surface area contributed by atoms with Gasteiger partial charge in [0.15, 0.2) is 5.84 Å². The summed E-state index contributed by atoms with van der Waals surface area (Å²) in [6.45, 7) is 0. The van der Waals surface area contributed by atoms with Gasteiger partial charge in [-0.15, -0.1) is 0 Å². The van der Waals surface area contributed by atoms with Gasteiger partial charge >= 0.3 is 0 Å². The van der Waals surface area contributed by atoms with Crippen LogP contribution in [0.15, 0.2) is 184 Å². The quantitative estimate of drug-likeness (QED) is 0.203. The minimum Gasteiger partial charge on any atom is -0.456 e. The summed E-state index contributed by atoms with van der Waals surface area (Å²) >= 11 is 0. The highest BCUT2D eigenvalue weighted by Gasteiger charge is 2.26. The summed E-state index contributed by atoms with van der Waals surface area (Å²) in [5.74, 6) is 1.43. The lowest BCUT2D eigenvalue weighted by molar-refractivity contribution is 0.668. The Morgan fingerprint density at radius 1 is 0.519 bits per heavy atom. The van der Waals surface area contributed by atoms with Crippen molar-refractivity contribution in [2.45, 2.75) is 6.17 Å². The zero-order valence-corrected chi connectivity index (χ0v) is 28.0. The highest BCUT2D eigenvalue weighted by Crippen LogP contribution is 2.42. The Bertz CT molecular complexity index is 3010. The summed E-state index contributed by atoms with van der Waals surface area (Å²) in [5.41, 5.74) is 7.86. The molecule has 0 amide bonds. The SMILES string of the molecule is c1ccc(C2=NC(c3cc(-n4c5ccc6ccccc6c5c5c6ccccc6ccc54)cc4oc5ccccc5c34)=NC(c3ccccc3)N2)cc1. The fourth-order valence-corrected chi connectivity index (χ4v) is 8.09. The average Bonchev–Trinajstić information content (AvgIpc) is 3.77. The van der Waals surface area contributed by atoms with Crippen LogP contribution in [0.2, 0.25) is 0 Å². The van der Waals surface area contributed by atoms with E-state index in [1.165, 1.54) is 32.3 Å². The standard InChI is InChI=1S/C47H30N4O/c1-3-15-31(16-4-1)45-48-46(32-17-5-2-6-18-32)50-47(49-45)37-27-33(28-41-42(37)36-21-11-12-22-40(36)52-41)51-38-25-23-29-13-7-9-19-34(29)43(38)44-35-20-10-8-14-30(35)24-26-39(44)51/h1-28,45H,(H,48,49,50). The topological polar surface area (TPSA) is 54.8 Å². The number of hydrogen-bond donors (Lipinski definition) is 1. The lowest BCUT2D eigenvalue weighted by atomic mass is 10.00. The first-order chi connectivity index (χ1) is 25.8. The van der Waals surface area contributed by atoms with E-state index in [0.717, 1.165) is 61.2 Å². The van der Waals surface area contributed by atoms with Crippen molar-refractivity contribution in [3.63, 3.8) is 0 Å². The van der Waals surface area contributed by atoms with Crippen molar-refractivity contribution in [1.29, 1.82) is 0 Å². The molecule has 0 saturated carbocycles. The zero-order chi connectivity index (χ0) is 34.2. The predicted molar refractivity (Wildman–Crippen MR) is 215 cm³/mol. The number of aliphatic imine (C=N–C) groups is 2. The van der Waals surface area contributed by atoms with Gasteiger partial charge in [0.05, 0.1) is 16.7 Å². The largest absolute Gasteiger partial charge is 0.456 e. The lowest BCUT2D eigenvalue weighted by Crippen LogP contribution is -2.33. The number of nitrogens with zero attached hydrogens (tertiary/aromatic N) is 3. The first kappa shape index (κ1) is 28.8. The predicted octanol–water partition coefficient (Wildman–Crippen LogP) is 11.5. The van der Waals surface area contributed by atoms with E-state index in [1.54, 1.807) is 0 Å². The monoisotopic (exact) mass is 666 g/mol. The first-order valence-corrected chi connectivity index (χ1v) is 17.6. The summed E-state index contributed by atoms with van der Waals surface area (Å²) in [5, 5.41) is 13.0. The van der Waals surface area contributed by atoms with Gasteiger partial charge in [-0.3, -0.25) is 0 Å². The Balaban J connectivity index is 1.25. The minimum atomic E-state index is -0.327. The molecule has 11 rings (SSSR count). The molecule has 5 heteroatoms. The Kier molecular flexibility index (Phi) is 6.25. The van der Waals surface area contributed by atoms with Gasteiger partial charge in [0.25, 0.3) is 0 Å². The molecule has 0 spiro atoms. The maximum atomic E-state index is 6.68. The minimum absolute atomic E-state index is 0.327. The van der Waals surface area contributed by atoms with Gasteiger partial charge in [-0.1, -0.05) is 140 Å². The van der Waals surface area contributed by atoms with Gasteiger partial charge in [0, 0.05) is 38.7 Å². The van der Waals surface area contributed by atoms with Crippen LogP contribution < -0.4 is 5.32 Å². The highest BCUT2D eigenvalue weighted by atomic mass is 16.3. The van der Waals surface area contributed by atoms with Crippen molar-refractivity contribution in [3.8, 4) is 5.69 Å². The fourth-order valence-electron chi connectivity index (χ4n) is 8.09. The smallest absolute Gasteiger partial charge is 0.160 e. The third-order valence-corrected chi connectivity index (χ3v) is 10.4. The molecule has 0 radical (unpaired) electrons. The molecule has 0 fully saturated rings. The van der Waals surface area contributed by atoms with Crippen LogP contribution >= 0.6 is 0 Å². The van der Waals surface area contributed by atoms with Gasteiger partial charge in [-0.25, -0.2) is 9.98 Å². The van der Waals surface area contributed by atoms with Crippen molar-refractivity contribution in [2.24, 2.45) is 9.98 Å². The number of hydrogen-bond acceptors (Lipinski definition) is 4. The number of fused-ring (bicyclic) bond motifs is 10. The van der Waals surface area contributed by atoms with E-state index in [2.05, 4.69) is 143 Å². The van der Waals surface area contributed by atoms with Crippen molar-refractivity contribution in [3.05, 3.63) is 187 Å². The van der Waals surface area contributed by atoms with E-state index in [4.69, 9.17) is 14.4 Å². The number of nitrogens with one attached hydrogen (secondary N) is 1. The van der Waals surface area contributed by atoms with E-state index in [0.29, 0.717) is 5.84 Å². The number of rotatable bonds is 4. The molecule has 1 atom stereocenters. The molecule has 0 saturated heterocycles. The van der Waals surface area contributed by atoms with E-state index in [1.807, 2.05) is 36.4 Å². The maximum absolute atomic E-state index is 6.68. The summed E-state index contributed by atoms with van der Waals surface area (Å²) < 4.78 is 9.06. The Morgan fingerprint density at radius 2 is 1.12 bits per heavy atom. The number of furan rings is 1. The van der Waals surface area contributed by atoms with Crippen molar-refractivity contribution < 1.29 is 4.42 Å². The zero-order valence-electron chi connectivity index (χ0n) is 28.0. The molecule has 1 aliphatic heterocycles. The van der Waals surface area contributed by atoms with Gasteiger partial charge in [-0.2, -0.15) is 0 Å². The molecule has 1 unspecified atom stereocenters. The molecule has 52 heavy (non-hydrogen) atoms. The second-order valence-electron chi connectivity index (χ2n) is 13.4. The second kappa shape index (κ2) is 11.3. The van der Waals surface area contributed by atoms with E-state index in [-0.39, 0.29) is 6.17 Å². The average molecular weight is 667 g/mol. The van der Waals surface area contributed by atoms with Crippen molar-refractivity contribution in [2.75, 3.05) is 0 Å². The van der Waals surface area contributed by atoms with Gasteiger partial charge in [0.1, 0.15) is 23.2 Å². The van der Waals surface area contributed by atoms with Crippen LogP contribution in [-0.4, -0.2) is 16.2 Å². The molecule has 5 nitrogen and oxygen atoms in total. The van der Waals surface area contributed by atoms with Gasteiger partial charge < -0.3 is 14.3 Å². The molecule has 1 aliphatic rings. The second-order valence-corrected chi connectivity index (χ2v) is 13.4. The van der Waals surface area contributed by atoms with Crippen LogP contribution in [0.3, 0.4) is 0 Å². The lowest BCUT2D eigenvalue weighted by Gasteiger charge is -2.24. The number of para-hydroxylation sites is 1. The van der Waals surface area contributed by atoms with Crippen LogP contribution in [0.4, 0.5) is 0 Å². The first-order valence-electron chi connectivity index (χ1n) is 17.6. The highest BCUT2D eigenvalue weighted by molar-refractivity contribution is 6.29. The van der Waals surface area contributed by atoms with Crippen LogP contribution in [0.25, 0.3) is 71.0 Å². The van der Waals surface area contributed by atoms with Gasteiger partial charge in [0.2, 0.25) is 0 Å².